The van der Waals surface area contributed by atoms with E-state index >= 15 is 0 Å². The second-order valence-corrected chi connectivity index (χ2v) is 4.10. The van der Waals surface area contributed by atoms with E-state index in [1.165, 1.54) is 12.3 Å². The lowest BCUT2D eigenvalue weighted by atomic mass is 9.95. The monoisotopic (exact) mass is 269 g/mol. The van der Waals surface area contributed by atoms with Crippen molar-refractivity contribution in [2.75, 3.05) is 12.3 Å². The molecule has 1 aliphatic heterocycles. The van der Waals surface area contributed by atoms with Crippen LogP contribution in [0.2, 0.25) is 0 Å². The maximum atomic E-state index is 14.3. The van der Waals surface area contributed by atoms with Crippen molar-refractivity contribution >= 4 is 5.82 Å². The number of aromatic nitrogens is 2. The van der Waals surface area contributed by atoms with Crippen molar-refractivity contribution in [2.45, 2.75) is 24.1 Å². The number of alkyl halides is 1. The number of hydrogen-bond donors (Lipinski definition) is 3. The smallest absolute Gasteiger partial charge is 0.351 e. The lowest BCUT2D eigenvalue weighted by Gasteiger charge is -2.21. The van der Waals surface area contributed by atoms with Crippen LogP contribution in [-0.4, -0.2) is 44.2 Å². The summed E-state index contributed by atoms with van der Waals surface area (Å²) in [5.74, 6) is 1.74. The zero-order chi connectivity index (χ0) is 14.2. The molecular weight excluding hydrogens is 257 g/mol. The normalized spacial score (nSPS) is 34.1. The second-order valence-electron chi connectivity index (χ2n) is 4.10. The molecule has 2 rings (SSSR count). The second kappa shape index (κ2) is 4.62. The molecule has 1 unspecified atom stereocenters. The Labute approximate surface area is 107 Å². The fourth-order valence-electron chi connectivity index (χ4n) is 1.93. The number of nitrogens with zero attached hydrogens (tertiary/aromatic N) is 2. The maximum absolute atomic E-state index is 14.3. The molecule has 0 radical (unpaired) electrons. The SMILES string of the molecule is C#CC1(F)[C@@H](CO)O[C@@H](n2ccc(N)nc2=O)[C@@H]1O. The zero-order valence-corrected chi connectivity index (χ0v) is 9.73. The summed E-state index contributed by atoms with van der Waals surface area (Å²) in [6.07, 6.45) is 1.62. The minimum atomic E-state index is -2.58. The highest BCUT2D eigenvalue weighted by atomic mass is 19.1. The van der Waals surface area contributed by atoms with Gasteiger partial charge in [0.25, 0.3) is 0 Å². The predicted molar refractivity (Wildman–Crippen MR) is 62.6 cm³/mol. The summed E-state index contributed by atoms with van der Waals surface area (Å²) in [6.45, 7) is -0.731. The third kappa shape index (κ3) is 1.98. The molecule has 7 nitrogen and oxygen atoms in total. The summed E-state index contributed by atoms with van der Waals surface area (Å²) < 4.78 is 20.3. The Hall–Kier alpha value is -1.95. The van der Waals surface area contributed by atoms with Gasteiger partial charge in [0.2, 0.25) is 5.67 Å². The fraction of sp³-hybridized carbons (Fsp3) is 0.455. The summed E-state index contributed by atoms with van der Waals surface area (Å²) in [6, 6.07) is 1.29. The number of aliphatic hydroxyl groups excluding tert-OH is 2. The molecule has 1 fully saturated rings. The van der Waals surface area contributed by atoms with E-state index < -0.39 is 36.4 Å². The van der Waals surface area contributed by atoms with Gasteiger partial charge in [0.15, 0.2) is 6.23 Å². The molecule has 0 amide bonds. The number of hydrogen-bond acceptors (Lipinski definition) is 6. The van der Waals surface area contributed by atoms with Gasteiger partial charge in [-0.25, -0.2) is 9.18 Å². The van der Waals surface area contributed by atoms with Crippen LogP contribution in [-0.2, 0) is 4.74 Å². The Bertz CT molecular complexity index is 584. The lowest BCUT2D eigenvalue weighted by Crippen LogP contribution is -2.44. The van der Waals surface area contributed by atoms with Gasteiger partial charge in [-0.15, -0.1) is 6.42 Å². The number of anilines is 1. The van der Waals surface area contributed by atoms with Crippen LogP contribution in [0.3, 0.4) is 0 Å². The third-order valence-electron chi connectivity index (χ3n) is 2.99. The molecule has 8 heteroatoms. The maximum Gasteiger partial charge on any atom is 0.351 e. The number of aliphatic hydroxyl groups is 2. The number of rotatable bonds is 2. The molecule has 0 bridgehead atoms. The molecule has 4 N–H and O–H groups in total. The Morgan fingerprint density at radius 2 is 2.42 bits per heavy atom. The predicted octanol–water partition coefficient (Wildman–Crippen LogP) is -1.58. The molecule has 102 valence electrons. The van der Waals surface area contributed by atoms with Gasteiger partial charge < -0.3 is 20.7 Å². The van der Waals surface area contributed by atoms with Crippen LogP contribution >= 0.6 is 0 Å². The first-order valence-corrected chi connectivity index (χ1v) is 5.39. The molecule has 2 heterocycles. The van der Waals surface area contributed by atoms with Crippen molar-refractivity contribution in [1.29, 1.82) is 0 Å². The van der Waals surface area contributed by atoms with Gasteiger partial charge in [-0.05, 0) is 6.07 Å². The number of halogens is 1. The highest BCUT2D eigenvalue weighted by Crippen LogP contribution is 2.38. The number of nitrogens with two attached hydrogens (primary N) is 1. The average molecular weight is 269 g/mol. The lowest BCUT2D eigenvalue weighted by molar-refractivity contribution is -0.0547. The summed E-state index contributed by atoms with van der Waals surface area (Å²) in [5, 5.41) is 18.9. The van der Waals surface area contributed by atoms with Gasteiger partial charge in [-0.2, -0.15) is 4.98 Å². The van der Waals surface area contributed by atoms with Crippen LogP contribution in [0, 0.1) is 12.3 Å². The van der Waals surface area contributed by atoms with E-state index in [1.54, 1.807) is 5.92 Å². The first-order valence-electron chi connectivity index (χ1n) is 5.39. The van der Waals surface area contributed by atoms with Crippen LogP contribution in [0.25, 0.3) is 0 Å². The Balaban J connectivity index is 2.43. The first-order chi connectivity index (χ1) is 8.93. The van der Waals surface area contributed by atoms with Gasteiger partial charge in [-0.3, -0.25) is 4.57 Å². The van der Waals surface area contributed by atoms with Gasteiger partial charge in [-0.1, -0.05) is 5.92 Å². The van der Waals surface area contributed by atoms with Crippen LogP contribution in [0.5, 0.6) is 0 Å². The summed E-state index contributed by atoms with van der Waals surface area (Å²) in [4.78, 5) is 15.0. The van der Waals surface area contributed by atoms with E-state index in [0.717, 1.165) is 4.57 Å². The number of ether oxygens (including phenoxy) is 1. The molecule has 19 heavy (non-hydrogen) atoms. The van der Waals surface area contributed by atoms with Crippen LogP contribution < -0.4 is 11.4 Å². The number of nitrogen functional groups attached to an aromatic ring is 1. The quantitative estimate of drug-likeness (QED) is 0.559. The molecular formula is C11H12FN3O4. The van der Waals surface area contributed by atoms with E-state index in [0.29, 0.717) is 0 Å². The minimum Gasteiger partial charge on any atom is -0.394 e. The van der Waals surface area contributed by atoms with Gasteiger partial charge in [0, 0.05) is 6.20 Å². The van der Waals surface area contributed by atoms with Crippen molar-refractivity contribution < 1.29 is 19.3 Å². The van der Waals surface area contributed by atoms with Crippen molar-refractivity contribution in [3.63, 3.8) is 0 Å². The van der Waals surface area contributed by atoms with Crippen molar-refractivity contribution in [2.24, 2.45) is 0 Å². The fourth-order valence-corrected chi connectivity index (χ4v) is 1.93. The van der Waals surface area contributed by atoms with Crippen molar-refractivity contribution in [3.05, 3.63) is 22.7 Å². The van der Waals surface area contributed by atoms with Crippen LogP contribution in [0.1, 0.15) is 6.23 Å². The summed E-state index contributed by atoms with van der Waals surface area (Å²) in [5.41, 5.74) is 1.92. The largest absolute Gasteiger partial charge is 0.394 e. The Kier molecular flexibility index (Phi) is 3.28. The van der Waals surface area contributed by atoms with Crippen LogP contribution in [0.4, 0.5) is 10.2 Å². The van der Waals surface area contributed by atoms with E-state index in [-0.39, 0.29) is 5.82 Å². The molecule has 0 aromatic carbocycles. The van der Waals surface area contributed by atoms with Gasteiger partial charge in [0.05, 0.1) is 6.61 Å². The molecule has 1 saturated heterocycles. The zero-order valence-electron chi connectivity index (χ0n) is 9.73. The first kappa shape index (κ1) is 13.5. The number of terminal acetylenes is 1. The third-order valence-corrected chi connectivity index (χ3v) is 2.99. The van der Waals surface area contributed by atoms with E-state index in [1.807, 2.05) is 0 Å². The van der Waals surface area contributed by atoms with E-state index in [4.69, 9.17) is 22.0 Å². The highest BCUT2D eigenvalue weighted by molar-refractivity contribution is 5.25. The topological polar surface area (TPSA) is 111 Å². The Morgan fingerprint density at radius 3 is 2.89 bits per heavy atom. The molecule has 0 spiro atoms. The average Bonchev–Trinajstić information content (AvgIpc) is 2.63. The highest BCUT2D eigenvalue weighted by Gasteiger charge is 2.57. The van der Waals surface area contributed by atoms with Gasteiger partial charge in [0.1, 0.15) is 18.0 Å². The molecule has 0 saturated carbocycles. The molecule has 1 aromatic heterocycles. The summed E-state index contributed by atoms with van der Waals surface area (Å²) >= 11 is 0. The standard InChI is InChI=1S/C11H12FN3O4/c1-2-11(12)6(5-16)19-9(8(11)17)15-4-3-7(13)14-10(15)18/h1,3-4,6,8-9,16-17H,5H2,(H2,13,14,18)/t6-,8+,9-,11?/m1/s1. The Morgan fingerprint density at radius 1 is 1.74 bits per heavy atom. The van der Waals surface area contributed by atoms with Gasteiger partial charge >= 0.3 is 5.69 Å². The van der Waals surface area contributed by atoms with Crippen LogP contribution in [0.15, 0.2) is 17.1 Å². The molecule has 1 aromatic rings. The van der Waals surface area contributed by atoms with E-state index in [2.05, 4.69) is 4.98 Å². The van der Waals surface area contributed by atoms with Crippen molar-refractivity contribution in [3.8, 4) is 12.3 Å². The summed E-state index contributed by atoms with van der Waals surface area (Å²) in [7, 11) is 0. The molecule has 1 aliphatic rings. The molecule has 0 aliphatic carbocycles. The minimum absolute atomic E-state index is 0.0177. The van der Waals surface area contributed by atoms with Crippen molar-refractivity contribution in [1.82, 2.24) is 9.55 Å². The molecule has 4 atom stereocenters. The van der Waals surface area contributed by atoms with E-state index in [9.17, 15) is 14.3 Å².